The van der Waals surface area contributed by atoms with Crippen molar-refractivity contribution in [2.45, 2.75) is 13.5 Å². The molecule has 0 fully saturated rings. The summed E-state index contributed by atoms with van der Waals surface area (Å²) in [6, 6.07) is 12.7. The Morgan fingerprint density at radius 1 is 1.14 bits per heavy atom. The van der Waals surface area contributed by atoms with Crippen LogP contribution in [-0.2, 0) is 6.54 Å². The minimum atomic E-state index is 0.917. The van der Waals surface area contributed by atoms with Crippen LogP contribution in [0.5, 0.6) is 0 Å². The Morgan fingerprint density at radius 2 is 1.93 bits per heavy atom. The molecule has 0 aliphatic rings. The summed E-state index contributed by atoms with van der Waals surface area (Å²) in [6.07, 6.45) is 0. The molecule has 2 aromatic rings. The van der Waals surface area contributed by atoms with Crippen LogP contribution in [0.2, 0.25) is 0 Å². The third kappa shape index (κ3) is 2.36. The summed E-state index contributed by atoms with van der Waals surface area (Å²) in [5.74, 6) is 0. The van der Waals surface area contributed by atoms with Crippen molar-refractivity contribution in [2.75, 3.05) is 5.32 Å². The largest absolute Gasteiger partial charge is 0.380 e. The normalized spacial score (nSPS) is 10.1. The fourth-order valence-electron chi connectivity index (χ4n) is 1.27. The summed E-state index contributed by atoms with van der Waals surface area (Å²) in [6.45, 7) is 3.02. The lowest BCUT2D eigenvalue weighted by Crippen LogP contribution is -1.96. The fourth-order valence-corrected chi connectivity index (χ4v) is 1.92. The second-order valence-corrected chi connectivity index (χ2v) is 4.33. The van der Waals surface area contributed by atoms with Crippen LogP contribution in [0.25, 0.3) is 0 Å². The molecule has 0 bridgehead atoms. The van der Waals surface area contributed by atoms with Crippen LogP contribution >= 0.6 is 11.3 Å². The van der Waals surface area contributed by atoms with Crippen LogP contribution in [0.3, 0.4) is 0 Å². The van der Waals surface area contributed by atoms with E-state index in [9.17, 15) is 0 Å². The molecule has 0 spiro atoms. The van der Waals surface area contributed by atoms with Gasteiger partial charge < -0.3 is 5.32 Å². The summed E-state index contributed by atoms with van der Waals surface area (Å²) in [5, 5.41) is 5.49. The predicted octanol–water partition coefficient (Wildman–Crippen LogP) is 3.67. The first-order valence-corrected chi connectivity index (χ1v) is 5.55. The van der Waals surface area contributed by atoms with Gasteiger partial charge in [-0.15, -0.1) is 11.3 Å². The Labute approximate surface area is 88.4 Å². The molecule has 1 heterocycles. The van der Waals surface area contributed by atoms with Gasteiger partial charge in [-0.25, -0.2) is 0 Å². The number of thiophene rings is 1. The zero-order chi connectivity index (χ0) is 9.80. The first kappa shape index (κ1) is 9.28. The monoisotopic (exact) mass is 203 g/mol. The third-order valence-corrected chi connectivity index (χ3v) is 2.97. The van der Waals surface area contributed by atoms with Crippen molar-refractivity contribution in [3.63, 3.8) is 0 Å². The second kappa shape index (κ2) is 4.29. The lowest BCUT2D eigenvalue weighted by molar-refractivity contribution is 1.19. The van der Waals surface area contributed by atoms with Crippen LogP contribution in [-0.4, -0.2) is 0 Å². The molecule has 14 heavy (non-hydrogen) atoms. The summed E-state index contributed by atoms with van der Waals surface area (Å²) in [5.41, 5.74) is 2.48. The molecule has 2 rings (SSSR count). The summed E-state index contributed by atoms with van der Waals surface area (Å²) in [4.78, 5) is 1.37. The SMILES string of the molecule is Cc1ccc(NCc2cccs2)cc1. The van der Waals surface area contributed by atoms with Gasteiger partial charge in [-0.2, -0.15) is 0 Å². The number of aryl methyl sites for hydroxylation is 1. The topological polar surface area (TPSA) is 12.0 Å². The van der Waals surface area contributed by atoms with E-state index in [0.717, 1.165) is 6.54 Å². The molecule has 72 valence electrons. The highest BCUT2D eigenvalue weighted by molar-refractivity contribution is 7.09. The van der Waals surface area contributed by atoms with Gasteiger partial charge in [0.15, 0.2) is 0 Å². The Balaban J connectivity index is 1.95. The Morgan fingerprint density at radius 3 is 2.57 bits per heavy atom. The number of nitrogens with one attached hydrogen (secondary N) is 1. The maximum atomic E-state index is 3.38. The summed E-state index contributed by atoms with van der Waals surface area (Å²) in [7, 11) is 0. The van der Waals surface area contributed by atoms with Gasteiger partial charge in [0, 0.05) is 17.1 Å². The molecule has 0 atom stereocenters. The molecule has 0 aliphatic heterocycles. The number of benzene rings is 1. The van der Waals surface area contributed by atoms with E-state index in [1.54, 1.807) is 11.3 Å². The molecule has 2 heteroatoms. The second-order valence-electron chi connectivity index (χ2n) is 3.30. The van der Waals surface area contributed by atoms with Crippen molar-refractivity contribution in [2.24, 2.45) is 0 Å². The third-order valence-electron chi connectivity index (χ3n) is 2.10. The van der Waals surface area contributed by atoms with Crippen molar-refractivity contribution in [1.29, 1.82) is 0 Å². The van der Waals surface area contributed by atoms with E-state index < -0.39 is 0 Å². The maximum Gasteiger partial charge on any atom is 0.0494 e. The molecular formula is C12H13NS. The van der Waals surface area contributed by atoms with Crippen molar-refractivity contribution in [3.8, 4) is 0 Å². The molecule has 1 aromatic carbocycles. The van der Waals surface area contributed by atoms with Gasteiger partial charge in [0.1, 0.15) is 0 Å². The Bertz CT molecular complexity index is 375. The minimum Gasteiger partial charge on any atom is -0.380 e. The number of rotatable bonds is 3. The van der Waals surface area contributed by atoms with Crippen LogP contribution in [0.1, 0.15) is 10.4 Å². The van der Waals surface area contributed by atoms with Gasteiger partial charge >= 0.3 is 0 Å². The van der Waals surface area contributed by atoms with Gasteiger partial charge in [0.05, 0.1) is 0 Å². The molecule has 0 saturated heterocycles. The van der Waals surface area contributed by atoms with E-state index in [0.29, 0.717) is 0 Å². The predicted molar refractivity (Wildman–Crippen MR) is 62.8 cm³/mol. The first-order chi connectivity index (χ1) is 6.84. The molecular weight excluding hydrogens is 190 g/mol. The Hall–Kier alpha value is -1.28. The van der Waals surface area contributed by atoms with Crippen LogP contribution in [0.4, 0.5) is 5.69 Å². The van der Waals surface area contributed by atoms with Gasteiger partial charge in [-0.3, -0.25) is 0 Å². The average Bonchev–Trinajstić information content (AvgIpc) is 2.70. The molecule has 1 aromatic heterocycles. The lowest BCUT2D eigenvalue weighted by atomic mass is 10.2. The van der Waals surface area contributed by atoms with Gasteiger partial charge in [-0.1, -0.05) is 23.8 Å². The van der Waals surface area contributed by atoms with E-state index in [1.807, 2.05) is 0 Å². The molecule has 0 radical (unpaired) electrons. The van der Waals surface area contributed by atoms with E-state index >= 15 is 0 Å². The fraction of sp³-hybridized carbons (Fsp3) is 0.167. The van der Waals surface area contributed by atoms with Crippen molar-refractivity contribution in [3.05, 3.63) is 52.2 Å². The molecule has 0 amide bonds. The lowest BCUT2D eigenvalue weighted by Gasteiger charge is -2.04. The quantitative estimate of drug-likeness (QED) is 0.802. The molecule has 0 unspecified atom stereocenters. The molecule has 0 saturated carbocycles. The van der Waals surface area contributed by atoms with Crippen LogP contribution in [0, 0.1) is 6.92 Å². The highest BCUT2D eigenvalue weighted by Crippen LogP contribution is 2.13. The van der Waals surface area contributed by atoms with Crippen molar-refractivity contribution < 1.29 is 0 Å². The van der Waals surface area contributed by atoms with E-state index in [-0.39, 0.29) is 0 Å². The average molecular weight is 203 g/mol. The Kier molecular flexibility index (Phi) is 2.84. The number of hydrogen-bond donors (Lipinski definition) is 1. The first-order valence-electron chi connectivity index (χ1n) is 4.67. The van der Waals surface area contributed by atoms with Crippen LogP contribution < -0.4 is 5.32 Å². The molecule has 0 aliphatic carbocycles. The standard InChI is InChI=1S/C12H13NS/c1-10-4-6-11(7-5-10)13-9-12-3-2-8-14-12/h2-8,13H,9H2,1H3. The van der Waals surface area contributed by atoms with Crippen molar-refractivity contribution >= 4 is 17.0 Å². The highest BCUT2D eigenvalue weighted by atomic mass is 32.1. The van der Waals surface area contributed by atoms with E-state index in [2.05, 4.69) is 54.0 Å². The van der Waals surface area contributed by atoms with Gasteiger partial charge in [0.2, 0.25) is 0 Å². The highest BCUT2D eigenvalue weighted by Gasteiger charge is 1.93. The zero-order valence-corrected chi connectivity index (χ0v) is 8.97. The molecule has 1 N–H and O–H groups in total. The zero-order valence-electron chi connectivity index (χ0n) is 8.16. The van der Waals surface area contributed by atoms with Crippen molar-refractivity contribution in [1.82, 2.24) is 0 Å². The van der Waals surface area contributed by atoms with E-state index in [1.165, 1.54) is 16.1 Å². The smallest absolute Gasteiger partial charge is 0.0494 e. The summed E-state index contributed by atoms with van der Waals surface area (Å²) < 4.78 is 0. The number of hydrogen-bond acceptors (Lipinski definition) is 2. The molecule has 1 nitrogen and oxygen atoms in total. The maximum absolute atomic E-state index is 3.38. The number of anilines is 1. The van der Waals surface area contributed by atoms with Gasteiger partial charge in [0.25, 0.3) is 0 Å². The van der Waals surface area contributed by atoms with Gasteiger partial charge in [-0.05, 0) is 30.5 Å². The van der Waals surface area contributed by atoms with E-state index in [4.69, 9.17) is 0 Å². The van der Waals surface area contributed by atoms with Crippen LogP contribution in [0.15, 0.2) is 41.8 Å². The minimum absolute atomic E-state index is 0.917. The summed E-state index contributed by atoms with van der Waals surface area (Å²) >= 11 is 1.78.